The molecule has 0 bridgehead atoms. The van der Waals surface area contributed by atoms with Crippen LogP contribution < -0.4 is 10.6 Å². The third-order valence-electron chi connectivity index (χ3n) is 3.09. The SMILES string of the molecule is CCNC(=NCc1nccc2ccccc12)NCCOC.I. The molecule has 0 saturated carbocycles. The van der Waals surface area contributed by atoms with Crippen molar-refractivity contribution < 1.29 is 4.74 Å². The van der Waals surface area contributed by atoms with Gasteiger partial charge in [0.25, 0.3) is 0 Å². The number of rotatable bonds is 6. The van der Waals surface area contributed by atoms with E-state index in [4.69, 9.17) is 4.74 Å². The lowest BCUT2D eigenvalue weighted by atomic mass is 10.1. The Morgan fingerprint density at radius 3 is 2.82 bits per heavy atom. The van der Waals surface area contributed by atoms with E-state index < -0.39 is 0 Å². The molecule has 0 atom stereocenters. The Kier molecular flexibility index (Phi) is 8.76. The van der Waals surface area contributed by atoms with Gasteiger partial charge in [0, 0.05) is 31.8 Å². The molecule has 2 N–H and O–H groups in total. The van der Waals surface area contributed by atoms with Gasteiger partial charge >= 0.3 is 0 Å². The topological polar surface area (TPSA) is 58.5 Å². The van der Waals surface area contributed by atoms with E-state index in [0.29, 0.717) is 13.2 Å². The number of hydrogen-bond acceptors (Lipinski definition) is 3. The van der Waals surface area contributed by atoms with E-state index >= 15 is 0 Å². The molecule has 0 saturated heterocycles. The quantitative estimate of drug-likeness (QED) is 0.330. The number of ether oxygens (including phenoxy) is 1. The molecule has 0 amide bonds. The molecule has 0 radical (unpaired) electrons. The molecule has 0 spiro atoms. The molecule has 5 nitrogen and oxygen atoms in total. The van der Waals surface area contributed by atoms with Crippen molar-refractivity contribution in [3.05, 3.63) is 42.2 Å². The molecular formula is C16H23IN4O. The van der Waals surface area contributed by atoms with Crippen molar-refractivity contribution in [3.63, 3.8) is 0 Å². The lowest BCUT2D eigenvalue weighted by Gasteiger charge is -2.11. The van der Waals surface area contributed by atoms with Gasteiger partial charge in [-0.15, -0.1) is 24.0 Å². The summed E-state index contributed by atoms with van der Waals surface area (Å²) in [6.07, 6.45) is 1.83. The van der Waals surface area contributed by atoms with Crippen molar-refractivity contribution >= 4 is 40.7 Å². The number of aromatic nitrogens is 1. The second-order valence-electron chi connectivity index (χ2n) is 4.59. The number of methoxy groups -OCH3 is 1. The fourth-order valence-corrected chi connectivity index (χ4v) is 2.08. The van der Waals surface area contributed by atoms with Gasteiger partial charge in [-0.1, -0.05) is 24.3 Å². The first kappa shape index (κ1) is 18.6. The van der Waals surface area contributed by atoms with Gasteiger partial charge < -0.3 is 15.4 Å². The molecule has 22 heavy (non-hydrogen) atoms. The number of fused-ring (bicyclic) bond motifs is 1. The molecule has 1 heterocycles. The lowest BCUT2D eigenvalue weighted by molar-refractivity contribution is 0.203. The van der Waals surface area contributed by atoms with Gasteiger partial charge in [-0.25, -0.2) is 4.99 Å². The minimum absolute atomic E-state index is 0. The largest absolute Gasteiger partial charge is 0.383 e. The zero-order chi connectivity index (χ0) is 14.9. The van der Waals surface area contributed by atoms with Crippen molar-refractivity contribution in [1.82, 2.24) is 15.6 Å². The van der Waals surface area contributed by atoms with Crippen molar-refractivity contribution in [2.75, 3.05) is 26.8 Å². The highest BCUT2D eigenvalue weighted by atomic mass is 127. The second-order valence-corrected chi connectivity index (χ2v) is 4.59. The molecule has 0 aliphatic carbocycles. The Bertz CT molecular complexity index is 598. The molecule has 0 aliphatic rings. The van der Waals surface area contributed by atoms with Gasteiger partial charge in [0.05, 0.1) is 18.8 Å². The van der Waals surface area contributed by atoms with Crippen LogP contribution in [-0.2, 0) is 11.3 Å². The number of halogens is 1. The van der Waals surface area contributed by atoms with Crippen LogP contribution >= 0.6 is 24.0 Å². The number of hydrogen-bond donors (Lipinski definition) is 2. The van der Waals surface area contributed by atoms with Crippen LogP contribution in [0.4, 0.5) is 0 Å². The first-order valence-corrected chi connectivity index (χ1v) is 7.19. The van der Waals surface area contributed by atoms with Crippen LogP contribution in [0, 0.1) is 0 Å². The predicted octanol–water partition coefficient (Wildman–Crippen LogP) is 2.55. The van der Waals surface area contributed by atoms with Gasteiger partial charge in [0.2, 0.25) is 0 Å². The van der Waals surface area contributed by atoms with E-state index in [9.17, 15) is 0 Å². The minimum atomic E-state index is 0. The van der Waals surface area contributed by atoms with Gasteiger partial charge in [-0.05, 0) is 18.4 Å². The number of guanidine groups is 1. The average molecular weight is 414 g/mol. The van der Waals surface area contributed by atoms with E-state index in [1.54, 1.807) is 7.11 Å². The van der Waals surface area contributed by atoms with Crippen molar-refractivity contribution in [3.8, 4) is 0 Å². The molecule has 2 aromatic rings. The summed E-state index contributed by atoms with van der Waals surface area (Å²) in [6, 6.07) is 10.3. The maximum Gasteiger partial charge on any atom is 0.191 e. The van der Waals surface area contributed by atoms with Crippen molar-refractivity contribution in [1.29, 1.82) is 0 Å². The summed E-state index contributed by atoms with van der Waals surface area (Å²) in [5.74, 6) is 0.782. The van der Waals surface area contributed by atoms with Crippen molar-refractivity contribution in [2.45, 2.75) is 13.5 Å². The Labute approximate surface area is 148 Å². The summed E-state index contributed by atoms with van der Waals surface area (Å²) in [5.41, 5.74) is 0.983. The predicted molar refractivity (Wildman–Crippen MR) is 102 cm³/mol. The van der Waals surface area contributed by atoms with Crippen LogP contribution in [-0.4, -0.2) is 37.7 Å². The molecule has 2 rings (SSSR count). The summed E-state index contributed by atoms with van der Waals surface area (Å²) in [6.45, 7) is 4.79. The summed E-state index contributed by atoms with van der Waals surface area (Å²) >= 11 is 0. The molecule has 6 heteroatoms. The highest BCUT2D eigenvalue weighted by molar-refractivity contribution is 14.0. The van der Waals surface area contributed by atoms with E-state index in [0.717, 1.165) is 30.1 Å². The molecule has 1 aromatic heterocycles. The molecule has 0 aliphatic heterocycles. The van der Waals surface area contributed by atoms with Gasteiger partial charge in [0.15, 0.2) is 5.96 Å². The number of benzene rings is 1. The monoisotopic (exact) mass is 414 g/mol. The molecule has 120 valence electrons. The molecule has 1 aromatic carbocycles. The Hall–Kier alpha value is -1.41. The first-order valence-electron chi connectivity index (χ1n) is 7.19. The summed E-state index contributed by atoms with van der Waals surface area (Å²) in [5, 5.41) is 8.78. The van der Waals surface area contributed by atoms with Crippen LogP contribution in [0.15, 0.2) is 41.5 Å². The number of aliphatic imine (C=N–C) groups is 1. The number of nitrogens with one attached hydrogen (secondary N) is 2. The normalized spacial score (nSPS) is 11.1. The third-order valence-corrected chi connectivity index (χ3v) is 3.09. The summed E-state index contributed by atoms with van der Waals surface area (Å²) in [7, 11) is 1.69. The van der Waals surface area contributed by atoms with Crippen LogP contribution in [0.25, 0.3) is 10.8 Å². The van der Waals surface area contributed by atoms with Crippen molar-refractivity contribution in [2.24, 2.45) is 4.99 Å². The Morgan fingerprint density at radius 2 is 2.05 bits per heavy atom. The fourth-order valence-electron chi connectivity index (χ4n) is 2.08. The van der Waals surface area contributed by atoms with Crippen LogP contribution in [0.1, 0.15) is 12.6 Å². The standard InChI is InChI=1S/C16H22N4O.HI/c1-3-17-16(19-10-11-21-2)20-12-15-14-7-5-4-6-13(14)8-9-18-15;/h4-9H,3,10-12H2,1-2H3,(H2,17,19,20);1H. The van der Waals surface area contributed by atoms with E-state index in [2.05, 4.69) is 32.7 Å². The lowest BCUT2D eigenvalue weighted by Crippen LogP contribution is -2.38. The highest BCUT2D eigenvalue weighted by Gasteiger charge is 2.02. The Morgan fingerprint density at radius 1 is 1.23 bits per heavy atom. The minimum Gasteiger partial charge on any atom is -0.383 e. The van der Waals surface area contributed by atoms with E-state index in [1.165, 1.54) is 5.39 Å². The number of nitrogens with zero attached hydrogens (tertiary/aromatic N) is 2. The smallest absolute Gasteiger partial charge is 0.191 e. The maximum atomic E-state index is 5.03. The molecule has 0 unspecified atom stereocenters. The van der Waals surface area contributed by atoms with Crippen LogP contribution in [0.2, 0.25) is 0 Å². The first-order chi connectivity index (χ1) is 10.3. The summed E-state index contributed by atoms with van der Waals surface area (Å²) < 4.78 is 5.03. The maximum absolute atomic E-state index is 5.03. The van der Waals surface area contributed by atoms with Gasteiger partial charge in [0.1, 0.15) is 0 Å². The van der Waals surface area contributed by atoms with Crippen LogP contribution in [0.3, 0.4) is 0 Å². The second kappa shape index (κ2) is 10.3. The molecular weight excluding hydrogens is 391 g/mol. The summed E-state index contributed by atoms with van der Waals surface area (Å²) in [4.78, 5) is 9.03. The van der Waals surface area contributed by atoms with Crippen LogP contribution in [0.5, 0.6) is 0 Å². The molecule has 0 fully saturated rings. The highest BCUT2D eigenvalue weighted by Crippen LogP contribution is 2.16. The Balaban J connectivity index is 0.00000242. The zero-order valence-corrected chi connectivity index (χ0v) is 15.3. The fraction of sp³-hybridized carbons (Fsp3) is 0.375. The van der Waals surface area contributed by atoms with E-state index in [-0.39, 0.29) is 24.0 Å². The zero-order valence-electron chi connectivity index (χ0n) is 13.0. The average Bonchev–Trinajstić information content (AvgIpc) is 2.53. The van der Waals surface area contributed by atoms with Gasteiger partial charge in [-0.3, -0.25) is 4.98 Å². The van der Waals surface area contributed by atoms with Gasteiger partial charge in [-0.2, -0.15) is 0 Å². The van der Waals surface area contributed by atoms with E-state index in [1.807, 2.05) is 31.3 Å². The number of pyridine rings is 1. The third kappa shape index (κ3) is 5.42.